The third-order valence-electron chi connectivity index (χ3n) is 3.68. The van der Waals surface area contributed by atoms with Crippen LogP contribution in [0.3, 0.4) is 0 Å². The lowest BCUT2D eigenvalue weighted by Gasteiger charge is -2.13. The van der Waals surface area contributed by atoms with Gasteiger partial charge in [-0.25, -0.2) is 0 Å². The summed E-state index contributed by atoms with van der Waals surface area (Å²) < 4.78 is 0. The first-order chi connectivity index (χ1) is 7.88. The molecule has 0 spiro atoms. The molecule has 1 aliphatic rings. The number of benzene rings is 1. The van der Waals surface area contributed by atoms with Crippen LogP contribution in [0.4, 0.5) is 0 Å². The molecular weight excluding hydrogens is 216 g/mol. The molecule has 0 heterocycles. The second kappa shape index (κ2) is 6.30. The summed E-state index contributed by atoms with van der Waals surface area (Å²) in [5, 5.41) is 0. The van der Waals surface area contributed by atoms with Gasteiger partial charge in [0.15, 0.2) is 0 Å². The Labute approximate surface area is 104 Å². The van der Waals surface area contributed by atoms with Crippen molar-refractivity contribution in [2.45, 2.75) is 50.8 Å². The predicted octanol–water partition coefficient (Wildman–Crippen LogP) is 4.94. The zero-order valence-corrected chi connectivity index (χ0v) is 10.7. The molecule has 88 valence electrons. The Bertz CT molecular complexity index is 294. The SMILES string of the molecule is ClCc1ccc(CC2CCCCCC2)cc1. The highest BCUT2D eigenvalue weighted by Gasteiger charge is 2.12. The Balaban J connectivity index is 1.91. The molecule has 0 radical (unpaired) electrons. The van der Waals surface area contributed by atoms with Gasteiger partial charge in [-0.1, -0.05) is 62.8 Å². The van der Waals surface area contributed by atoms with E-state index in [0.29, 0.717) is 5.88 Å². The van der Waals surface area contributed by atoms with Crippen molar-refractivity contribution in [3.05, 3.63) is 35.4 Å². The lowest BCUT2D eigenvalue weighted by molar-refractivity contribution is 0.458. The quantitative estimate of drug-likeness (QED) is 0.515. The highest BCUT2D eigenvalue weighted by atomic mass is 35.5. The highest BCUT2D eigenvalue weighted by Crippen LogP contribution is 2.26. The number of hydrogen-bond acceptors (Lipinski definition) is 0. The highest BCUT2D eigenvalue weighted by molar-refractivity contribution is 6.17. The van der Waals surface area contributed by atoms with Gasteiger partial charge in [-0.05, 0) is 23.5 Å². The standard InChI is InChI=1S/C15H21Cl/c16-12-15-9-7-14(8-10-15)11-13-5-3-1-2-4-6-13/h7-10,13H,1-6,11-12H2. The van der Waals surface area contributed by atoms with E-state index in [4.69, 9.17) is 11.6 Å². The maximum absolute atomic E-state index is 5.79. The summed E-state index contributed by atoms with van der Waals surface area (Å²) in [6, 6.07) is 8.84. The minimum atomic E-state index is 0.629. The third kappa shape index (κ3) is 3.52. The van der Waals surface area contributed by atoms with Crippen LogP contribution in [-0.2, 0) is 12.3 Å². The van der Waals surface area contributed by atoms with Crippen LogP contribution in [0.2, 0.25) is 0 Å². The fraction of sp³-hybridized carbons (Fsp3) is 0.600. The Morgan fingerprint density at radius 3 is 2.00 bits per heavy atom. The molecule has 1 heteroatoms. The zero-order valence-electron chi connectivity index (χ0n) is 9.92. The van der Waals surface area contributed by atoms with Crippen LogP contribution in [0, 0.1) is 5.92 Å². The Morgan fingerprint density at radius 2 is 1.44 bits per heavy atom. The van der Waals surface area contributed by atoms with Gasteiger partial charge >= 0.3 is 0 Å². The number of rotatable bonds is 3. The topological polar surface area (TPSA) is 0 Å². The Morgan fingerprint density at radius 1 is 0.875 bits per heavy atom. The van der Waals surface area contributed by atoms with Gasteiger partial charge in [0.25, 0.3) is 0 Å². The van der Waals surface area contributed by atoms with Crippen molar-refractivity contribution < 1.29 is 0 Å². The first-order valence-corrected chi connectivity index (χ1v) is 7.06. The van der Waals surface area contributed by atoms with Crippen LogP contribution in [0.5, 0.6) is 0 Å². The van der Waals surface area contributed by atoms with Gasteiger partial charge in [-0.15, -0.1) is 11.6 Å². The van der Waals surface area contributed by atoms with E-state index in [1.165, 1.54) is 56.1 Å². The fourth-order valence-electron chi connectivity index (χ4n) is 2.67. The van der Waals surface area contributed by atoms with Crippen LogP contribution < -0.4 is 0 Å². The molecule has 0 saturated heterocycles. The van der Waals surface area contributed by atoms with Crippen molar-refractivity contribution in [1.82, 2.24) is 0 Å². The molecule has 2 rings (SSSR count). The zero-order chi connectivity index (χ0) is 11.2. The van der Waals surface area contributed by atoms with E-state index in [1.54, 1.807) is 0 Å². The van der Waals surface area contributed by atoms with Crippen LogP contribution in [0.25, 0.3) is 0 Å². The molecule has 0 aromatic heterocycles. The normalized spacial score (nSPS) is 18.3. The molecule has 0 atom stereocenters. The van der Waals surface area contributed by atoms with Gasteiger partial charge in [0.1, 0.15) is 0 Å². The smallest absolute Gasteiger partial charge is 0.0474 e. The van der Waals surface area contributed by atoms with Gasteiger partial charge in [0.2, 0.25) is 0 Å². The van der Waals surface area contributed by atoms with Gasteiger partial charge in [0, 0.05) is 5.88 Å². The Hall–Kier alpha value is -0.490. The molecule has 0 bridgehead atoms. The van der Waals surface area contributed by atoms with Crippen molar-refractivity contribution in [2.24, 2.45) is 5.92 Å². The summed E-state index contributed by atoms with van der Waals surface area (Å²) in [5.41, 5.74) is 2.71. The summed E-state index contributed by atoms with van der Waals surface area (Å²) in [6.45, 7) is 0. The van der Waals surface area contributed by atoms with Crippen LogP contribution in [0.15, 0.2) is 24.3 Å². The minimum Gasteiger partial charge on any atom is -0.122 e. The molecule has 1 fully saturated rings. The average molecular weight is 237 g/mol. The maximum Gasteiger partial charge on any atom is 0.0474 e. The molecule has 0 aliphatic heterocycles. The third-order valence-corrected chi connectivity index (χ3v) is 3.99. The molecule has 1 saturated carbocycles. The second-order valence-electron chi connectivity index (χ2n) is 5.01. The van der Waals surface area contributed by atoms with E-state index < -0.39 is 0 Å². The van der Waals surface area contributed by atoms with E-state index in [9.17, 15) is 0 Å². The lowest BCUT2D eigenvalue weighted by atomic mass is 9.92. The monoisotopic (exact) mass is 236 g/mol. The minimum absolute atomic E-state index is 0.629. The largest absolute Gasteiger partial charge is 0.122 e. The maximum atomic E-state index is 5.79. The molecule has 1 aromatic carbocycles. The lowest BCUT2D eigenvalue weighted by Crippen LogP contribution is -2.03. The molecule has 1 aliphatic carbocycles. The van der Waals surface area contributed by atoms with Crippen molar-refractivity contribution in [2.75, 3.05) is 0 Å². The molecule has 0 amide bonds. The predicted molar refractivity (Wildman–Crippen MR) is 70.9 cm³/mol. The second-order valence-corrected chi connectivity index (χ2v) is 5.28. The number of halogens is 1. The van der Waals surface area contributed by atoms with E-state index in [-0.39, 0.29) is 0 Å². The first-order valence-electron chi connectivity index (χ1n) is 6.52. The van der Waals surface area contributed by atoms with Crippen LogP contribution >= 0.6 is 11.6 Å². The molecule has 0 unspecified atom stereocenters. The Kier molecular flexibility index (Phi) is 4.71. The summed E-state index contributed by atoms with van der Waals surface area (Å²) in [5.74, 6) is 1.55. The van der Waals surface area contributed by atoms with Crippen molar-refractivity contribution in [3.63, 3.8) is 0 Å². The van der Waals surface area contributed by atoms with E-state index in [0.717, 1.165) is 5.92 Å². The number of hydrogen-bond donors (Lipinski definition) is 0. The van der Waals surface area contributed by atoms with Gasteiger partial charge in [-0.2, -0.15) is 0 Å². The van der Waals surface area contributed by atoms with Gasteiger partial charge < -0.3 is 0 Å². The average Bonchev–Trinajstić information content (AvgIpc) is 2.59. The summed E-state index contributed by atoms with van der Waals surface area (Å²) in [7, 11) is 0. The number of alkyl halides is 1. The molecule has 1 aromatic rings. The van der Waals surface area contributed by atoms with Crippen LogP contribution in [0.1, 0.15) is 49.7 Å². The van der Waals surface area contributed by atoms with Gasteiger partial charge in [-0.3, -0.25) is 0 Å². The molecule has 0 N–H and O–H groups in total. The van der Waals surface area contributed by atoms with Crippen molar-refractivity contribution in [3.8, 4) is 0 Å². The van der Waals surface area contributed by atoms with Crippen molar-refractivity contribution in [1.29, 1.82) is 0 Å². The summed E-state index contributed by atoms with van der Waals surface area (Å²) >= 11 is 5.79. The van der Waals surface area contributed by atoms with E-state index in [2.05, 4.69) is 24.3 Å². The van der Waals surface area contributed by atoms with Gasteiger partial charge in [0.05, 0.1) is 0 Å². The first kappa shape index (κ1) is 12.0. The summed E-state index contributed by atoms with van der Waals surface area (Å²) in [6.07, 6.45) is 9.88. The molecular formula is C15H21Cl. The summed E-state index contributed by atoms with van der Waals surface area (Å²) in [4.78, 5) is 0. The van der Waals surface area contributed by atoms with E-state index >= 15 is 0 Å². The van der Waals surface area contributed by atoms with Crippen LogP contribution in [-0.4, -0.2) is 0 Å². The fourth-order valence-corrected chi connectivity index (χ4v) is 2.84. The van der Waals surface area contributed by atoms with E-state index in [1.807, 2.05) is 0 Å². The molecule has 16 heavy (non-hydrogen) atoms. The molecule has 0 nitrogen and oxygen atoms in total. The van der Waals surface area contributed by atoms with Crippen molar-refractivity contribution >= 4 is 11.6 Å².